The number of methoxy groups -OCH3 is 1. The largest absolute Gasteiger partial charge is 0.385 e. The summed E-state index contributed by atoms with van der Waals surface area (Å²) in [5, 5.41) is 2.85. The van der Waals surface area contributed by atoms with Crippen molar-refractivity contribution in [2.45, 2.75) is 24.7 Å². The van der Waals surface area contributed by atoms with Gasteiger partial charge < -0.3 is 10.1 Å². The molecule has 1 aliphatic heterocycles. The third kappa shape index (κ3) is 5.49. The fraction of sp³-hybridized carbons (Fsp3) is 0.304. The van der Waals surface area contributed by atoms with E-state index in [9.17, 15) is 9.59 Å². The number of para-hydroxylation sites is 1. The van der Waals surface area contributed by atoms with Gasteiger partial charge in [0.2, 0.25) is 5.91 Å². The third-order valence-electron chi connectivity index (χ3n) is 4.67. The summed E-state index contributed by atoms with van der Waals surface area (Å²) in [5.74, 6) is -0.330. The molecule has 0 radical (unpaired) electrons. The van der Waals surface area contributed by atoms with Crippen molar-refractivity contribution in [1.29, 1.82) is 0 Å². The van der Waals surface area contributed by atoms with Crippen LogP contribution >= 0.6 is 11.8 Å². The summed E-state index contributed by atoms with van der Waals surface area (Å²) in [4.78, 5) is 28.7. The number of aryl methyl sites for hydroxylation is 1. The molecule has 1 aliphatic rings. The molecule has 0 saturated heterocycles. The summed E-state index contributed by atoms with van der Waals surface area (Å²) in [6.07, 6.45) is 3.61. The molecule has 0 unspecified atom stereocenters. The highest BCUT2D eigenvalue weighted by Gasteiger charge is 2.30. The predicted molar refractivity (Wildman–Crippen MR) is 118 cm³/mol. The molecule has 1 heterocycles. The minimum absolute atomic E-state index is 0.00446. The standard InChI is InChI=1S/C23H26N2O3S/c1-3-17-9-11-18(12-10-17)15-21-23(27)25(16-22(26)24-13-6-14-28-2)19-7-4-5-8-20(19)29-21/h4-5,7-12,15H,3,6,13-14,16H2,1-2H3,(H,24,26)/b21-15+. The molecule has 1 N–H and O–H groups in total. The average Bonchev–Trinajstić information content (AvgIpc) is 2.74. The lowest BCUT2D eigenvalue weighted by Crippen LogP contribution is -2.43. The molecule has 0 aliphatic carbocycles. The van der Waals surface area contributed by atoms with Crippen LogP contribution in [-0.4, -0.2) is 38.6 Å². The van der Waals surface area contributed by atoms with Crippen LogP contribution in [0.3, 0.4) is 0 Å². The van der Waals surface area contributed by atoms with E-state index in [0.717, 1.165) is 29.0 Å². The summed E-state index contributed by atoms with van der Waals surface area (Å²) in [6.45, 7) is 3.22. The number of nitrogens with one attached hydrogen (secondary N) is 1. The van der Waals surface area contributed by atoms with Crippen molar-refractivity contribution in [3.63, 3.8) is 0 Å². The lowest BCUT2D eigenvalue weighted by atomic mass is 10.1. The van der Waals surface area contributed by atoms with Gasteiger partial charge in [-0.1, -0.05) is 55.1 Å². The Morgan fingerprint density at radius 2 is 1.93 bits per heavy atom. The highest BCUT2D eigenvalue weighted by atomic mass is 32.2. The molecule has 29 heavy (non-hydrogen) atoms. The molecular formula is C23H26N2O3S. The van der Waals surface area contributed by atoms with E-state index in [1.54, 1.807) is 12.0 Å². The van der Waals surface area contributed by atoms with Gasteiger partial charge in [0.1, 0.15) is 6.54 Å². The monoisotopic (exact) mass is 410 g/mol. The summed E-state index contributed by atoms with van der Waals surface area (Å²) in [7, 11) is 1.63. The van der Waals surface area contributed by atoms with Crippen LogP contribution in [0.25, 0.3) is 6.08 Å². The van der Waals surface area contributed by atoms with Crippen LogP contribution in [0.15, 0.2) is 58.3 Å². The van der Waals surface area contributed by atoms with E-state index in [2.05, 4.69) is 24.4 Å². The predicted octanol–water partition coefficient (Wildman–Crippen LogP) is 3.88. The molecule has 0 aromatic heterocycles. The van der Waals surface area contributed by atoms with Crippen molar-refractivity contribution in [3.05, 3.63) is 64.6 Å². The Labute approximate surface area is 176 Å². The van der Waals surface area contributed by atoms with Crippen molar-refractivity contribution in [3.8, 4) is 0 Å². The minimum atomic E-state index is -0.178. The lowest BCUT2D eigenvalue weighted by Gasteiger charge is -2.29. The van der Waals surface area contributed by atoms with Crippen molar-refractivity contribution < 1.29 is 14.3 Å². The van der Waals surface area contributed by atoms with E-state index in [1.807, 2.05) is 42.5 Å². The molecule has 152 valence electrons. The number of hydrogen-bond acceptors (Lipinski definition) is 4. The number of hydrogen-bond donors (Lipinski definition) is 1. The van der Waals surface area contributed by atoms with Crippen LogP contribution in [-0.2, 0) is 20.7 Å². The smallest absolute Gasteiger partial charge is 0.265 e. The Kier molecular flexibility index (Phi) is 7.49. The Balaban J connectivity index is 1.80. The topological polar surface area (TPSA) is 58.6 Å². The first-order chi connectivity index (χ1) is 14.1. The second-order valence-electron chi connectivity index (χ2n) is 6.76. The van der Waals surface area contributed by atoms with Crippen LogP contribution in [0.4, 0.5) is 5.69 Å². The average molecular weight is 411 g/mol. The lowest BCUT2D eigenvalue weighted by molar-refractivity contribution is -0.122. The Morgan fingerprint density at radius 1 is 1.17 bits per heavy atom. The Bertz CT molecular complexity index is 893. The van der Waals surface area contributed by atoms with Crippen molar-refractivity contribution >= 4 is 35.3 Å². The second-order valence-corrected chi connectivity index (χ2v) is 7.84. The van der Waals surface area contributed by atoms with Gasteiger partial charge in [-0.15, -0.1) is 0 Å². The van der Waals surface area contributed by atoms with E-state index in [4.69, 9.17) is 4.74 Å². The molecular weight excluding hydrogens is 384 g/mol. The first-order valence-corrected chi connectivity index (χ1v) is 10.6. The first kappa shape index (κ1) is 21.1. The van der Waals surface area contributed by atoms with E-state index in [0.29, 0.717) is 18.1 Å². The van der Waals surface area contributed by atoms with Gasteiger partial charge >= 0.3 is 0 Å². The zero-order chi connectivity index (χ0) is 20.6. The van der Waals surface area contributed by atoms with Gasteiger partial charge in [0.25, 0.3) is 5.91 Å². The molecule has 2 aromatic carbocycles. The second kappa shape index (κ2) is 10.3. The number of fused-ring (bicyclic) bond motifs is 1. The molecule has 2 amide bonds. The fourth-order valence-electron chi connectivity index (χ4n) is 3.06. The molecule has 0 saturated carbocycles. The maximum Gasteiger partial charge on any atom is 0.265 e. The van der Waals surface area contributed by atoms with Gasteiger partial charge in [0.15, 0.2) is 0 Å². The first-order valence-electron chi connectivity index (χ1n) is 9.77. The zero-order valence-corrected chi connectivity index (χ0v) is 17.6. The highest BCUT2D eigenvalue weighted by molar-refractivity contribution is 8.04. The number of carbonyl (C=O) groups is 2. The highest BCUT2D eigenvalue weighted by Crippen LogP contribution is 2.41. The number of nitrogens with zero attached hydrogens (tertiary/aromatic N) is 1. The van der Waals surface area contributed by atoms with Gasteiger partial charge in [-0.25, -0.2) is 0 Å². The fourth-order valence-corrected chi connectivity index (χ4v) is 4.12. The Hall–Kier alpha value is -2.57. The molecule has 0 bridgehead atoms. The normalized spacial score (nSPS) is 14.8. The van der Waals surface area contributed by atoms with E-state index in [1.165, 1.54) is 17.3 Å². The van der Waals surface area contributed by atoms with Crippen LogP contribution in [0.2, 0.25) is 0 Å². The van der Waals surface area contributed by atoms with Crippen molar-refractivity contribution in [2.24, 2.45) is 0 Å². The summed E-state index contributed by atoms with van der Waals surface area (Å²) < 4.78 is 5.00. The van der Waals surface area contributed by atoms with Gasteiger partial charge in [0, 0.05) is 25.2 Å². The van der Waals surface area contributed by atoms with E-state index >= 15 is 0 Å². The van der Waals surface area contributed by atoms with Crippen molar-refractivity contribution in [1.82, 2.24) is 5.32 Å². The molecule has 5 nitrogen and oxygen atoms in total. The quantitative estimate of drug-likeness (QED) is 0.530. The third-order valence-corrected chi connectivity index (χ3v) is 5.74. The number of amides is 2. The van der Waals surface area contributed by atoms with Gasteiger partial charge in [0.05, 0.1) is 10.6 Å². The SMILES string of the molecule is CCc1ccc(/C=C2/Sc3ccccc3N(CC(=O)NCCCOC)C2=O)cc1. The molecule has 0 atom stereocenters. The number of rotatable bonds is 8. The zero-order valence-electron chi connectivity index (χ0n) is 16.8. The molecule has 0 fully saturated rings. The van der Waals surface area contributed by atoms with E-state index in [-0.39, 0.29) is 18.4 Å². The summed E-state index contributed by atoms with van der Waals surface area (Å²) >= 11 is 1.45. The van der Waals surface area contributed by atoms with Crippen LogP contribution in [0, 0.1) is 0 Å². The maximum atomic E-state index is 13.2. The molecule has 6 heteroatoms. The summed E-state index contributed by atoms with van der Waals surface area (Å²) in [6, 6.07) is 15.9. The number of benzene rings is 2. The van der Waals surface area contributed by atoms with E-state index < -0.39 is 0 Å². The van der Waals surface area contributed by atoms with Crippen LogP contribution in [0.1, 0.15) is 24.5 Å². The van der Waals surface area contributed by atoms with Gasteiger partial charge in [-0.2, -0.15) is 0 Å². The maximum absolute atomic E-state index is 13.2. The minimum Gasteiger partial charge on any atom is -0.385 e. The van der Waals surface area contributed by atoms with Crippen LogP contribution < -0.4 is 10.2 Å². The van der Waals surface area contributed by atoms with Gasteiger partial charge in [-0.3, -0.25) is 14.5 Å². The van der Waals surface area contributed by atoms with Crippen LogP contribution in [0.5, 0.6) is 0 Å². The Morgan fingerprint density at radius 3 is 2.66 bits per heavy atom. The summed E-state index contributed by atoms with van der Waals surface area (Å²) in [5.41, 5.74) is 3.00. The van der Waals surface area contributed by atoms with Crippen molar-refractivity contribution in [2.75, 3.05) is 31.7 Å². The molecule has 2 aromatic rings. The number of thioether (sulfide) groups is 1. The molecule has 0 spiro atoms. The number of carbonyl (C=O) groups excluding carboxylic acids is 2. The number of anilines is 1. The number of ether oxygens (including phenoxy) is 1. The molecule has 3 rings (SSSR count). The van der Waals surface area contributed by atoms with Gasteiger partial charge in [-0.05, 0) is 42.2 Å².